The molecule has 40 heavy (non-hydrogen) atoms. The molecule has 0 spiro atoms. The lowest BCUT2D eigenvalue weighted by Crippen LogP contribution is -2.41. The van der Waals surface area contributed by atoms with E-state index in [9.17, 15) is 9.59 Å². The Hall–Kier alpha value is -4.20. The monoisotopic (exact) mass is 573 g/mol. The summed E-state index contributed by atoms with van der Waals surface area (Å²) in [6.07, 6.45) is 2.44. The third kappa shape index (κ3) is 4.83. The van der Waals surface area contributed by atoms with Crippen LogP contribution in [0.5, 0.6) is 5.75 Å². The second-order valence-corrected chi connectivity index (χ2v) is 10.5. The number of para-hydroxylation sites is 2. The maximum atomic E-state index is 14.2. The second kappa shape index (κ2) is 10.8. The van der Waals surface area contributed by atoms with Gasteiger partial charge in [-0.1, -0.05) is 47.5 Å². The summed E-state index contributed by atoms with van der Waals surface area (Å²) in [4.78, 5) is 29.8. The minimum absolute atomic E-state index is 0.0592. The van der Waals surface area contributed by atoms with E-state index >= 15 is 0 Å². The number of benzene rings is 3. The van der Waals surface area contributed by atoms with Crippen molar-refractivity contribution in [1.29, 1.82) is 0 Å². The predicted molar refractivity (Wildman–Crippen MR) is 156 cm³/mol. The van der Waals surface area contributed by atoms with Gasteiger partial charge in [0.25, 0.3) is 0 Å². The summed E-state index contributed by atoms with van der Waals surface area (Å²) in [5.74, 6) is 1.25. The van der Waals surface area contributed by atoms with Gasteiger partial charge in [0.05, 0.1) is 40.8 Å². The number of anilines is 3. The molecule has 0 radical (unpaired) electrons. The lowest BCUT2D eigenvalue weighted by Gasteiger charge is -2.34. The van der Waals surface area contributed by atoms with Crippen molar-refractivity contribution in [3.63, 3.8) is 0 Å². The van der Waals surface area contributed by atoms with Gasteiger partial charge in [0, 0.05) is 29.3 Å². The fourth-order valence-corrected chi connectivity index (χ4v) is 5.70. The van der Waals surface area contributed by atoms with E-state index in [1.54, 1.807) is 36.5 Å². The third-order valence-electron chi connectivity index (χ3n) is 7.26. The molecular weight excluding hydrogens is 549 g/mol. The van der Waals surface area contributed by atoms with E-state index < -0.39 is 12.1 Å². The number of ketones is 1. The van der Waals surface area contributed by atoms with Crippen LogP contribution in [0.4, 0.5) is 21.9 Å². The summed E-state index contributed by atoms with van der Waals surface area (Å²) in [5, 5.41) is 7.16. The predicted octanol–water partition coefficient (Wildman–Crippen LogP) is 8.20. The minimum atomic E-state index is -0.718. The fourth-order valence-electron chi connectivity index (χ4n) is 5.40. The zero-order chi connectivity index (χ0) is 27.8. The minimum Gasteiger partial charge on any atom is -0.497 e. The zero-order valence-corrected chi connectivity index (χ0v) is 23.0. The van der Waals surface area contributed by atoms with Gasteiger partial charge in [-0.15, -0.1) is 0 Å². The summed E-state index contributed by atoms with van der Waals surface area (Å²) in [5.41, 5.74) is 3.87. The average molecular weight is 574 g/mol. The first kappa shape index (κ1) is 26.0. The molecule has 7 nitrogen and oxygen atoms in total. The van der Waals surface area contributed by atoms with E-state index in [0.29, 0.717) is 44.9 Å². The summed E-state index contributed by atoms with van der Waals surface area (Å²) in [6, 6.07) is 22.4. The number of nitrogens with one attached hydrogen (secondary N) is 2. The van der Waals surface area contributed by atoms with Gasteiger partial charge in [-0.3, -0.25) is 9.69 Å². The van der Waals surface area contributed by atoms with E-state index in [-0.39, 0.29) is 18.1 Å². The van der Waals surface area contributed by atoms with Crippen molar-refractivity contribution in [3.8, 4) is 5.75 Å². The van der Waals surface area contributed by atoms with E-state index in [0.717, 1.165) is 17.0 Å². The first-order valence-electron chi connectivity index (χ1n) is 12.8. The molecule has 2 amide bonds. The molecule has 2 heterocycles. The summed E-state index contributed by atoms with van der Waals surface area (Å²) >= 11 is 12.3. The quantitative estimate of drug-likeness (QED) is 0.257. The van der Waals surface area contributed by atoms with Crippen molar-refractivity contribution in [2.45, 2.75) is 24.8 Å². The van der Waals surface area contributed by atoms with Crippen molar-refractivity contribution < 1.29 is 18.7 Å². The van der Waals surface area contributed by atoms with Crippen molar-refractivity contribution in [3.05, 3.63) is 118 Å². The van der Waals surface area contributed by atoms with Crippen LogP contribution < -0.4 is 20.3 Å². The molecule has 6 rings (SSSR count). The third-order valence-corrected chi connectivity index (χ3v) is 7.99. The van der Waals surface area contributed by atoms with Crippen LogP contribution in [0.25, 0.3) is 0 Å². The topological polar surface area (TPSA) is 83.8 Å². The number of carbonyl (C=O) groups excluding carboxylic acids is 2. The number of amides is 2. The molecule has 2 atom stereocenters. The highest BCUT2D eigenvalue weighted by Crippen LogP contribution is 2.47. The van der Waals surface area contributed by atoms with Crippen LogP contribution in [-0.4, -0.2) is 18.9 Å². The van der Waals surface area contributed by atoms with Crippen LogP contribution in [0.1, 0.15) is 36.1 Å². The van der Waals surface area contributed by atoms with Gasteiger partial charge in [0.1, 0.15) is 11.5 Å². The Morgan fingerprint density at radius 1 is 1.00 bits per heavy atom. The molecule has 1 aliphatic carbocycles. The number of Topliss-reactive ketones (excluding diaryl/α,β-unsaturated/α-hetero) is 1. The van der Waals surface area contributed by atoms with Crippen molar-refractivity contribution in [1.82, 2.24) is 0 Å². The van der Waals surface area contributed by atoms with Gasteiger partial charge < -0.3 is 19.8 Å². The van der Waals surface area contributed by atoms with Crippen LogP contribution in [0.3, 0.4) is 0 Å². The van der Waals surface area contributed by atoms with Crippen LogP contribution >= 0.6 is 23.2 Å². The maximum absolute atomic E-state index is 14.2. The number of methoxy groups -OCH3 is 1. The van der Waals surface area contributed by atoms with Crippen LogP contribution in [0.2, 0.25) is 10.0 Å². The summed E-state index contributed by atoms with van der Waals surface area (Å²) in [6.45, 7) is 0. The van der Waals surface area contributed by atoms with Gasteiger partial charge in [0.2, 0.25) is 0 Å². The SMILES string of the molecule is COc1ccc(C2C3=C(CC(c4ccco4)CC3=O)Nc3ccccc3N2C(=O)Nc2ccc(Cl)c(Cl)c2)cc1. The Balaban J connectivity index is 1.51. The molecule has 3 aromatic carbocycles. The number of allylic oxidation sites excluding steroid dienone is 1. The van der Waals surface area contributed by atoms with E-state index in [2.05, 4.69) is 10.6 Å². The number of nitrogens with zero attached hydrogens (tertiary/aromatic N) is 1. The number of furan rings is 1. The first-order chi connectivity index (χ1) is 19.4. The van der Waals surface area contributed by atoms with Crippen molar-refractivity contribution in [2.75, 3.05) is 22.6 Å². The molecule has 0 saturated carbocycles. The van der Waals surface area contributed by atoms with Crippen LogP contribution in [-0.2, 0) is 4.79 Å². The van der Waals surface area contributed by atoms with E-state index in [1.165, 1.54) is 0 Å². The Bertz CT molecular complexity index is 1620. The summed E-state index contributed by atoms with van der Waals surface area (Å²) < 4.78 is 11.0. The second-order valence-electron chi connectivity index (χ2n) is 9.68. The highest BCUT2D eigenvalue weighted by molar-refractivity contribution is 6.42. The molecule has 4 aromatic rings. The highest BCUT2D eigenvalue weighted by atomic mass is 35.5. The Morgan fingerprint density at radius 2 is 1.80 bits per heavy atom. The molecule has 0 bridgehead atoms. The van der Waals surface area contributed by atoms with Crippen molar-refractivity contribution >= 4 is 52.1 Å². The molecule has 1 aliphatic heterocycles. The number of urea groups is 1. The van der Waals surface area contributed by atoms with Gasteiger partial charge in [0.15, 0.2) is 5.78 Å². The smallest absolute Gasteiger partial charge is 0.327 e. The highest BCUT2D eigenvalue weighted by Gasteiger charge is 2.42. The molecule has 9 heteroatoms. The molecule has 2 unspecified atom stereocenters. The average Bonchev–Trinajstić information content (AvgIpc) is 3.45. The number of halogens is 2. The molecule has 202 valence electrons. The number of hydrogen-bond donors (Lipinski definition) is 2. The van der Waals surface area contributed by atoms with Gasteiger partial charge in [-0.25, -0.2) is 4.79 Å². The zero-order valence-electron chi connectivity index (χ0n) is 21.5. The number of ether oxygens (including phenoxy) is 1. The summed E-state index contributed by atoms with van der Waals surface area (Å²) in [7, 11) is 1.60. The van der Waals surface area contributed by atoms with Crippen LogP contribution in [0.15, 0.2) is 101 Å². The lowest BCUT2D eigenvalue weighted by molar-refractivity contribution is -0.116. The largest absolute Gasteiger partial charge is 0.497 e. The van der Waals surface area contributed by atoms with E-state index in [1.807, 2.05) is 60.7 Å². The standard InChI is InChI=1S/C31H25Cl2N3O4/c1-39-21-11-8-18(9-12-21)30-29-25(15-19(16-27(29)37)28-7-4-14-40-28)35-24-5-2-3-6-26(24)36(30)31(38)34-20-10-13-22(32)23(33)17-20/h2-14,17,19,30,35H,15-16H2,1H3,(H,34,38). The fraction of sp³-hybridized carbons (Fsp3) is 0.161. The molecule has 2 aliphatic rings. The molecule has 0 fully saturated rings. The molecular formula is C31H25Cl2N3O4. The number of fused-ring (bicyclic) bond motifs is 1. The number of hydrogen-bond acceptors (Lipinski definition) is 5. The van der Waals surface area contributed by atoms with Crippen molar-refractivity contribution in [2.24, 2.45) is 0 Å². The molecule has 2 N–H and O–H groups in total. The number of rotatable bonds is 4. The molecule has 1 aromatic heterocycles. The normalized spacial score (nSPS) is 18.4. The lowest BCUT2D eigenvalue weighted by atomic mass is 9.80. The maximum Gasteiger partial charge on any atom is 0.327 e. The Morgan fingerprint density at radius 3 is 2.52 bits per heavy atom. The number of carbonyl (C=O) groups is 2. The van der Waals surface area contributed by atoms with Gasteiger partial charge >= 0.3 is 6.03 Å². The molecule has 0 saturated heterocycles. The van der Waals surface area contributed by atoms with Gasteiger partial charge in [-0.05, 0) is 66.6 Å². The Labute approximate surface area is 241 Å². The van der Waals surface area contributed by atoms with Crippen LogP contribution in [0, 0.1) is 0 Å². The van der Waals surface area contributed by atoms with E-state index in [4.69, 9.17) is 32.4 Å². The first-order valence-corrected chi connectivity index (χ1v) is 13.5. The van der Waals surface area contributed by atoms with Gasteiger partial charge in [-0.2, -0.15) is 0 Å². The Kier molecular flexibility index (Phi) is 7.00.